The summed E-state index contributed by atoms with van der Waals surface area (Å²) in [4.78, 5) is 17.5. The maximum absolute atomic E-state index is 13.7. The van der Waals surface area contributed by atoms with Gasteiger partial charge in [-0.25, -0.2) is 4.39 Å². The first-order valence-corrected chi connectivity index (χ1v) is 7.68. The zero-order valence-corrected chi connectivity index (χ0v) is 13.7. The largest absolute Gasteiger partial charge is 0.494 e. The van der Waals surface area contributed by atoms with Gasteiger partial charge in [-0.3, -0.25) is 9.69 Å². The van der Waals surface area contributed by atoms with E-state index >= 15 is 0 Å². The zero-order chi connectivity index (χ0) is 17.1. The monoisotopic (exact) mass is 326 g/mol. The molecule has 1 heterocycles. The molecule has 1 aromatic heterocycles. The van der Waals surface area contributed by atoms with Gasteiger partial charge in [-0.2, -0.15) is 0 Å². The molecule has 0 amide bonds. The first-order valence-electron chi connectivity index (χ1n) is 7.68. The smallest absolute Gasteiger partial charge is 0.178 e. The zero-order valence-electron chi connectivity index (χ0n) is 13.7. The number of likely N-dealkylation sites (N-methyl/N-ethyl adjacent to an activating group) is 1. The van der Waals surface area contributed by atoms with Crippen LogP contribution in [0.5, 0.6) is 5.75 Å². The van der Waals surface area contributed by atoms with Gasteiger partial charge in [-0.05, 0) is 30.8 Å². The number of nitrogens with zero attached hydrogens (tertiary/aromatic N) is 1. The number of hydrogen-bond acceptors (Lipinski definition) is 3. The Bertz CT molecular complexity index is 873. The Morgan fingerprint density at radius 2 is 2.04 bits per heavy atom. The fourth-order valence-electron chi connectivity index (χ4n) is 2.81. The minimum atomic E-state index is -0.397. The normalized spacial score (nSPS) is 11.2. The summed E-state index contributed by atoms with van der Waals surface area (Å²) in [6, 6.07) is 12.5. The Kier molecular flexibility index (Phi) is 4.62. The highest BCUT2D eigenvalue weighted by Crippen LogP contribution is 2.20. The van der Waals surface area contributed by atoms with Crippen LogP contribution in [0.15, 0.2) is 48.7 Å². The van der Waals surface area contributed by atoms with Crippen molar-refractivity contribution < 1.29 is 13.9 Å². The molecule has 1 N–H and O–H groups in total. The van der Waals surface area contributed by atoms with Crippen LogP contribution in [0, 0.1) is 5.82 Å². The lowest BCUT2D eigenvalue weighted by Gasteiger charge is -2.16. The van der Waals surface area contributed by atoms with Crippen molar-refractivity contribution >= 4 is 16.7 Å². The molecule has 0 saturated heterocycles. The topological polar surface area (TPSA) is 45.3 Å². The van der Waals surface area contributed by atoms with Crippen LogP contribution in [-0.4, -0.2) is 36.4 Å². The molecule has 0 saturated carbocycles. The highest BCUT2D eigenvalue weighted by atomic mass is 19.1. The molecule has 0 aliphatic rings. The number of H-pyrrole nitrogens is 1. The van der Waals surface area contributed by atoms with E-state index in [2.05, 4.69) is 4.98 Å². The van der Waals surface area contributed by atoms with Crippen molar-refractivity contribution in [1.29, 1.82) is 0 Å². The van der Waals surface area contributed by atoms with Crippen LogP contribution in [-0.2, 0) is 6.54 Å². The number of fused-ring (bicyclic) bond motifs is 1. The number of methoxy groups -OCH3 is 1. The number of ketones is 1. The second kappa shape index (κ2) is 6.84. The standard InChI is InChI=1S/C19H19FN2O2/c1-22(11-13-7-8-19(24-2)16(20)9-13)12-18(23)15-10-21-17-6-4-3-5-14(15)17/h3-10,21H,11-12H2,1-2H3. The molecular formula is C19H19FN2O2. The van der Waals surface area contributed by atoms with Crippen LogP contribution in [0.2, 0.25) is 0 Å². The van der Waals surface area contributed by atoms with Crippen LogP contribution < -0.4 is 4.74 Å². The van der Waals surface area contributed by atoms with Gasteiger partial charge in [0.05, 0.1) is 13.7 Å². The summed E-state index contributed by atoms with van der Waals surface area (Å²) in [7, 11) is 3.28. The van der Waals surface area contributed by atoms with E-state index in [-0.39, 0.29) is 18.1 Å². The van der Waals surface area contributed by atoms with Gasteiger partial charge in [0.15, 0.2) is 17.3 Å². The Balaban J connectivity index is 1.69. The molecule has 0 spiro atoms. The van der Waals surface area contributed by atoms with Crippen LogP contribution in [0.25, 0.3) is 10.9 Å². The minimum absolute atomic E-state index is 0.0314. The summed E-state index contributed by atoms with van der Waals surface area (Å²) in [5, 5.41) is 0.923. The number of benzene rings is 2. The lowest BCUT2D eigenvalue weighted by molar-refractivity contribution is 0.0944. The van der Waals surface area contributed by atoms with E-state index in [1.807, 2.05) is 36.2 Å². The molecule has 5 heteroatoms. The molecule has 2 aromatic carbocycles. The van der Waals surface area contributed by atoms with E-state index < -0.39 is 5.82 Å². The average molecular weight is 326 g/mol. The molecule has 3 rings (SSSR count). The summed E-state index contributed by atoms with van der Waals surface area (Å²) >= 11 is 0. The lowest BCUT2D eigenvalue weighted by atomic mass is 10.1. The number of hydrogen-bond donors (Lipinski definition) is 1. The number of aromatic nitrogens is 1. The summed E-state index contributed by atoms with van der Waals surface area (Å²) in [5.41, 5.74) is 2.42. The molecule has 0 atom stereocenters. The van der Waals surface area contributed by atoms with Crippen molar-refractivity contribution in [2.45, 2.75) is 6.54 Å². The Labute approximate surface area is 139 Å². The summed E-state index contributed by atoms with van der Waals surface area (Å²) in [5.74, 6) is -0.147. The molecule has 0 aliphatic heterocycles. The summed E-state index contributed by atoms with van der Waals surface area (Å²) in [6.07, 6.45) is 1.74. The molecule has 0 aliphatic carbocycles. The average Bonchev–Trinajstić information content (AvgIpc) is 2.99. The third-order valence-electron chi connectivity index (χ3n) is 3.97. The highest BCUT2D eigenvalue weighted by molar-refractivity contribution is 6.08. The van der Waals surface area contributed by atoms with Crippen molar-refractivity contribution in [1.82, 2.24) is 9.88 Å². The third kappa shape index (κ3) is 3.31. The maximum Gasteiger partial charge on any atom is 0.178 e. The van der Waals surface area contributed by atoms with Gasteiger partial charge >= 0.3 is 0 Å². The third-order valence-corrected chi connectivity index (χ3v) is 3.97. The van der Waals surface area contributed by atoms with Gasteiger partial charge in [-0.1, -0.05) is 24.3 Å². The number of carbonyl (C=O) groups excluding carboxylic acids is 1. The van der Waals surface area contributed by atoms with Crippen molar-refractivity contribution in [3.8, 4) is 5.75 Å². The number of para-hydroxylation sites is 1. The van der Waals surface area contributed by atoms with Crippen LogP contribution in [0.4, 0.5) is 4.39 Å². The molecule has 124 valence electrons. The number of nitrogens with one attached hydrogen (secondary N) is 1. The number of carbonyl (C=O) groups is 1. The first kappa shape index (κ1) is 16.2. The fourth-order valence-corrected chi connectivity index (χ4v) is 2.81. The number of Topliss-reactive ketones (excluding diaryl/α,β-unsaturated/α-hetero) is 1. The van der Waals surface area contributed by atoms with Gasteiger partial charge in [0.1, 0.15) is 0 Å². The second-order valence-corrected chi connectivity index (χ2v) is 5.81. The van der Waals surface area contributed by atoms with Crippen LogP contribution in [0.1, 0.15) is 15.9 Å². The van der Waals surface area contributed by atoms with E-state index in [1.165, 1.54) is 13.2 Å². The van der Waals surface area contributed by atoms with E-state index in [9.17, 15) is 9.18 Å². The molecule has 24 heavy (non-hydrogen) atoms. The summed E-state index contributed by atoms with van der Waals surface area (Å²) in [6.45, 7) is 0.741. The fraction of sp³-hybridized carbons (Fsp3) is 0.211. The Morgan fingerprint density at radius 3 is 2.79 bits per heavy atom. The van der Waals surface area contributed by atoms with Crippen LogP contribution >= 0.6 is 0 Å². The molecule has 0 radical (unpaired) electrons. The van der Waals surface area contributed by atoms with E-state index in [1.54, 1.807) is 18.3 Å². The molecule has 4 nitrogen and oxygen atoms in total. The van der Waals surface area contributed by atoms with E-state index in [0.717, 1.165) is 16.5 Å². The second-order valence-electron chi connectivity index (χ2n) is 5.81. The van der Waals surface area contributed by atoms with Gasteiger partial charge < -0.3 is 9.72 Å². The number of halogens is 1. The van der Waals surface area contributed by atoms with Crippen LogP contribution in [0.3, 0.4) is 0 Å². The van der Waals surface area contributed by atoms with Gasteiger partial charge in [0, 0.05) is 29.2 Å². The van der Waals surface area contributed by atoms with Gasteiger partial charge in [-0.15, -0.1) is 0 Å². The van der Waals surface area contributed by atoms with Crippen molar-refractivity contribution in [2.75, 3.05) is 20.7 Å². The van der Waals surface area contributed by atoms with Crippen molar-refractivity contribution in [3.63, 3.8) is 0 Å². The Morgan fingerprint density at radius 1 is 1.25 bits per heavy atom. The molecule has 0 unspecified atom stereocenters. The van der Waals surface area contributed by atoms with Crippen molar-refractivity contribution in [2.24, 2.45) is 0 Å². The lowest BCUT2D eigenvalue weighted by Crippen LogP contribution is -2.25. The Hall–Kier alpha value is -2.66. The molecule has 3 aromatic rings. The molecule has 0 fully saturated rings. The van der Waals surface area contributed by atoms with Gasteiger partial charge in [0.25, 0.3) is 0 Å². The van der Waals surface area contributed by atoms with Gasteiger partial charge in [0.2, 0.25) is 0 Å². The predicted molar refractivity (Wildman–Crippen MR) is 91.9 cm³/mol. The SMILES string of the molecule is COc1ccc(CN(C)CC(=O)c2c[nH]c3ccccc23)cc1F. The van der Waals surface area contributed by atoms with Crippen molar-refractivity contribution in [3.05, 3.63) is 65.6 Å². The highest BCUT2D eigenvalue weighted by Gasteiger charge is 2.14. The number of rotatable bonds is 6. The minimum Gasteiger partial charge on any atom is -0.494 e. The number of aromatic amines is 1. The maximum atomic E-state index is 13.7. The predicted octanol–water partition coefficient (Wildman–Crippen LogP) is 3.63. The quantitative estimate of drug-likeness (QED) is 0.704. The molecule has 0 bridgehead atoms. The summed E-state index contributed by atoms with van der Waals surface area (Å²) < 4.78 is 18.7. The van der Waals surface area contributed by atoms with E-state index in [4.69, 9.17) is 4.74 Å². The number of ether oxygens (including phenoxy) is 1. The van der Waals surface area contributed by atoms with E-state index in [0.29, 0.717) is 12.1 Å². The first-order chi connectivity index (χ1) is 11.6. The molecular weight excluding hydrogens is 307 g/mol.